The Kier molecular flexibility index (Phi) is 6.00. The zero-order valence-corrected chi connectivity index (χ0v) is 18.4. The first-order valence-electron chi connectivity index (χ1n) is 11.5. The second-order valence-electron chi connectivity index (χ2n) is 9.89. The van der Waals surface area contributed by atoms with Gasteiger partial charge in [-0.3, -0.25) is 0 Å². The maximum Gasteiger partial charge on any atom is 0.322 e. The van der Waals surface area contributed by atoms with Crippen LogP contribution in [0.25, 0.3) is 0 Å². The van der Waals surface area contributed by atoms with E-state index in [1.54, 1.807) is 0 Å². The number of hydrogen-bond donors (Lipinski definition) is 1. The van der Waals surface area contributed by atoms with Crippen LogP contribution in [0.3, 0.4) is 0 Å². The lowest BCUT2D eigenvalue weighted by atomic mass is 9.49. The number of likely N-dealkylation sites (tertiary alicyclic amines) is 1. The fourth-order valence-electron chi connectivity index (χ4n) is 5.48. The van der Waals surface area contributed by atoms with E-state index in [0.717, 1.165) is 36.8 Å². The van der Waals surface area contributed by atoms with Crippen LogP contribution in [0.1, 0.15) is 51.5 Å². The molecule has 1 heterocycles. The smallest absolute Gasteiger partial charge is 0.319 e. The number of hydrogen-bond acceptors (Lipinski definition) is 2. The highest BCUT2D eigenvalue weighted by atomic mass is 16.2. The van der Waals surface area contributed by atoms with Crippen LogP contribution in [0.2, 0.25) is 0 Å². The lowest BCUT2D eigenvalue weighted by Gasteiger charge is -2.57. The molecule has 0 spiro atoms. The molecule has 1 aliphatic heterocycles. The van der Waals surface area contributed by atoms with Crippen molar-refractivity contribution in [3.05, 3.63) is 41.5 Å². The summed E-state index contributed by atoms with van der Waals surface area (Å²) in [6.07, 6.45) is 8.84. The number of aryl methyl sites for hydroxylation is 1. The lowest BCUT2D eigenvalue weighted by molar-refractivity contribution is -0.00966. The van der Waals surface area contributed by atoms with Crippen molar-refractivity contribution in [2.45, 2.75) is 52.9 Å². The summed E-state index contributed by atoms with van der Waals surface area (Å²) in [5.74, 6) is 1.48. The highest BCUT2D eigenvalue weighted by Crippen LogP contribution is 2.59. The fourth-order valence-corrected chi connectivity index (χ4v) is 5.48. The minimum Gasteiger partial charge on any atom is -0.319 e. The van der Waals surface area contributed by atoms with Gasteiger partial charge in [0.15, 0.2) is 0 Å². The van der Waals surface area contributed by atoms with Crippen LogP contribution in [0.15, 0.2) is 35.9 Å². The van der Waals surface area contributed by atoms with Crippen molar-refractivity contribution >= 4 is 11.7 Å². The Hall–Kier alpha value is -1.81. The molecule has 0 unspecified atom stereocenters. The summed E-state index contributed by atoms with van der Waals surface area (Å²) in [6, 6.07) is 8.09. The number of allylic oxidation sites excluding steroid dienone is 1. The summed E-state index contributed by atoms with van der Waals surface area (Å²) in [6.45, 7) is 11.8. The van der Waals surface area contributed by atoms with E-state index in [2.05, 4.69) is 35.0 Å². The van der Waals surface area contributed by atoms with Crippen LogP contribution in [0.4, 0.5) is 10.5 Å². The van der Waals surface area contributed by atoms with E-state index in [9.17, 15) is 4.79 Å². The molecule has 29 heavy (non-hydrogen) atoms. The molecule has 4 heteroatoms. The number of carbonyl (C=O) groups is 1. The number of benzene rings is 1. The van der Waals surface area contributed by atoms with Gasteiger partial charge in [-0.1, -0.05) is 50.1 Å². The van der Waals surface area contributed by atoms with E-state index in [0.29, 0.717) is 11.3 Å². The molecule has 2 fully saturated rings. The van der Waals surface area contributed by atoms with Gasteiger partial charge in [0.05, 0.1) is 0 Å². The number of anilines is 1. The van der Waals surface area contributed by atoms with Gasteiger partial charge < -0.3 is 15.1 Å². The van der Waals surface area contributed by atoms with Gasteiger partial charge in [-0.05, 0) is 74.6 Å². The molecule has 0 aromatic heterocycles. The molecule has 4 aliphatic rings. The number of nitrogens with zero attached hydrogens (tertiary/aromatic N) is 2. The minimum absolute atomic E-state index is 0.0384. The third-order valence-corrected chi connectivity index (χ3v) is 7.76. The van der Waals surface area contributed by atoms with Gasteiger partial charge in [-0.15, -0.1) is 0 Å². The Morgan fingerprint density at radius 3 is 2.66 bits per heavy atom. The number of piperidine rings is 1. The number of nitrogens with one attached hydrogen (secondary N) is 1. The number of amides is 2. The summed E-state index contributed by atoms with van der Waals surface area (Å²) < 4.78 is 0. The molecule has 1 aromatic rings. The number of carbonyl (C=O) groups excluding carboxylic acids is 1. The number of urea groups is 1. The SMILES string of the molecule is Cc1ccccc1NC(=O)N(CCN1CCCCC1)CC1=CC[C@H]2C[C@@H]1C2(C)C. The molecule has 0 radical (unpaired) electrons. The van der Waals surface area contributed by atoms with Crippen molar-refractivity contribution < 1.29 is 4.79 Å². The van der Waals surface area contributed by atoms with Gasteiger partial charge in [0.25, 0.3) is 0 Å². The van der Waals surface area contributed by atoms with Gasteiger partial charge in [0.1, 0.15) is 0 Å². The Bertz CT molecular complexity index is 763. The Morgan fingerprint density at radius 2 is 1.97 bits per heavy atom. The second-order valence-corrected chi connectivity index (χ2v) is 9.89. The fraction of sp³-hybridized carbons (Fsp3) is 0.640. The van der Waals surface area contributed by atoms with Crippen LogP contribution in [0, 0.1) is 24.2 Å². The van der Waals surface area contributed by atoms with Crippen molar-refractivity contribution in [3.63, 3.8) is 0 Å². The average molecular weight is 396 g/mol. The van der Waals surface area contributed by atoms with Crippen molar-refractivity contribution in [1.29, 1.82) is 0 Å². The van der Waals surface area contributed by atoms with Crippen LogP contribution in [-0.4, -0.2) is 48.6 Å². The molecule has 1 saturated heterocycles. The highest BCUT2D eigenvalue weighted by Gasteiger charge is 2.51. The van der Waals surface area contributed by atoms with E-state index < -0.39 is 0 Å². The molecular formula is C25H37N3O. The molecular weight excluding hydrogens is 358 g/mol. The maximum absolute atomic E-state index is 13.3. The van der Waals surface area contributed by atoms with E-state index in [-0.39, 0.29) is 6.03 Å². The minimum atomic E-state index is 0.0384. The molecule has 1 saturated carbocycles. The predicted octanol–water partition coefficient (Wildman–Crippen LogP) is 5.31. The van der Waals surface area contributed by atoms with Crippen molar-refractivity contribution in [3.8, 4) is 0 Å². The molecule has 1 aromatic carbocycles. The molecule has 2 amide bonds. The topological polar surface area (TPSA) is 35.6 Å². The first-order valence-corrected chi connectivity index (χ1v) is 11.5. The zero-order chi connectivity index (χ0) is 20.4. The normalized spacial score (nSPS) is 25.7. The third kappa shape index (κ3) is 4.37. The maximum atomic E-state index is 13.3. The number of fused-ring (bicyclic) bond motifs is 1. The molecule has 4 nitrogen and oxygen atoms in total. The van der Waals surface area contributed by atoms with Gasteiger partial charge in [-0.2, -0.15) is 0 Å². The lowest BCUT2D eigenvalue weighted by Crippen LogP contribution is -2.51. The second kappa shape index (κ2) is 8.51. The monoisotopic (exact) mass is 395 g/mol. The van der Waals surface area contributed by atoms with Gasteiger partial charge >= 0.3 is 6.03 Å². The highest BCUT2D eigenvalue weighted by molar-refractivity contribution is 5.90. The van der Waals surface area contributed by atoms with E-state index >= 15 is 0 Å². The van der Waals surface area contributed by atoms with Gasteiger partial charge in [0, 0.05) is 25.3 Å². The van der Waals surface area contributed by atoms with Gasteiger partial charge in [0.2, 0.25) is 0 Å². The van der Waals surface area contributed by atoms with Crippen LogP contribution in [0.5, 0.6) is 0 Å². The zero-order valence-electron chi connectivity index (χ0n) is 18.4. The molecule has 158 valence electrons. The molecule has 5 rings (SSSR count). The molecule has 2 bridgehead atoms. The Labute approximate surface area is 176 Å². The largest absolute Gasteiger partial charge is 0.322 e. The predicted molar refractivity (Wildman–Crippen MR) is 120 cm³/mol. The van der Waals surface area contributed by atoms with Crippen molar-refractivity contribution in [1.82, 2.24) is 9.80 Å². The van der Waals surface area contributed by atoms with Gasteiger partial charge in [-0.25, -0.2) is 4.79 Å². The van der Waals surface area contributed by atoms with Crippen LogP contribution in [-0.2, 0) is 0 Å². The third-order valence-electron chi connectivity index (χ3n) is 7.76. The standard InChI is InChI=1S/C25H37N3O/c1-19-9-5-6-10-23(19)26-24(29)28(16-15-27-13-7-4-8-14-27)18-20-11-12-21-17-22(20)25(21,2)3/h5-6,9-11,21-22H,4,7-8,12-18H2,1-3H3,(H,26,29)/t21-,22-/m0/s1. The van der Waals surface area contributed by atoms with E-state index in [1.807, 2.05) is 31.2 Å². The first kappa shape index (κ1) is 20.5. The summed E-state index contributed by atoms with van der Waals surface area (Å²) in [5, 5.41) is 3.18. The summed E-state index contributed by atoms with van der Waals surface area (Å²) in [4.78, 5) is 17.8. The van der Waals surface area contributed by atoms with E-state index in [4.69, 9.17) is 0 Å². The summed E-state index contributed by atoms with van der Waals surface area (Å²) >= 11 is 0. The average Bonchev–Trinajstić information content (AvgIpc) is 2.73. The molecule has 2 atom stereocenters. The van der Waals surface area contributed by atoms with Crippen molar-refractivity contribution in [2.24, 2.45) is 17.3 Å². The summed E-state index contributed by atoms with van der Waals surface area (Å²) in [5.41, 5.74) is 3.91. The Balaban J connectivity index is 1.45. The van der Waals surface area contributed by atoms with Crippen LogP contribution < -0.4 is 5.32 Å². The van der Waals surface area contributed by atoms with E-state index in [1.165, 1.54) is 50.8 Å². The number of para-hydroxylation sites is 1. The number of rotatable bonds is 6. The quantitative estimate of drug-likeness (QED) is 0.663. The molecule has 3 aliphatic carbocycles. The Morgan fingerprint density at radius 1 is 1.21 bits per heavy atom. The first-order chi connectivity index (χ1) is 13.9. The summed E-state index contributed by atoms with van der Waals surface area (Å²) in [7, 11) is 0. The van der Waals surface area contributed by atoms with Crippen LogP contribution >= 0.6 is 0 Å². The molecule has 1 N–H and O–H groups in total. The van der Waals surface area contributed by atoms with Crippen molar-refractivity contribution in [2.75, 3.05) is 38.0 Å².